The van der Waals surface area contributed by atoms with Crippen LogP contribution in [0.3, 0.4) is 0 Å². The van der Waals surface area contributed by atoms with Crippen LogP contribution in [0.15, 0.2) is 0 Å². The van der Waals surface area contributed by atoms with Crippen molar-refractivity contribution in [1.29, 1.82) is 0 Å². The van der Waals surface area contributed by atoms with E-state index in [2.05, 4.69) is 0 Å². The van der Waals surface area contributed by atoms with Crippen LogP contribution >= 0.6 is 0 Å². The van der Waals surface area contributed by atoms with E-state index in [1.54, 1.807) is 26.2 Å². The van der Waals surface area contributed by atoms with Crippen LogP contribution in [0.4, 0.5) is 0 Å². The Morgan fingerprint density at radius 1 is 0.667 bits per heavy atom. The summed E-state index contributed by atoms with van der Waals surface area (Å²) in [5.74, 6) is 0. The second-order valence-electron chi connectivity index (χ2n) is 5.34. The van der Waals surface area contributed by atoms with Gasteiger partial charge in [0.15, 0.2) is 0 Å². The first-order chi connectivity index (χ1) is 7.95. The van der Waals surface area contributed by atoms with Crippen molar-refractivity contribution in [1.82, 2.24) is 0 Å². The van der Waals surface area contributed by atoms with Gasteiger partial charge in [-0.1, -0.05) is 13.8 Å². The summed E-state index contributed by atoms with van der Waals surface area (Å²) in [7, 11) is -11.8. The maximum atomic E-state index is 10.4. The average Bonchev–Trinajstić information content (AvgIpc) is 2.11. The third kappa shape index (κ3) is 4.33. The van der Waals surface area contributed by atoms with Gasteiger partial charge >= 0.3 is 34.7 Å². The van der Waals surface area contributed by atoms with E-state index < -0.39 is 34.7 Å². The number of hydrogen-bond acceptors (Lipinski definition) is 6. The highest BCUT2D eigenvalue weighted by Gasteiger charge is 2.56. The summed E-state index contributed by atoms with van der Waals surface area (Å²) in [6.07, 6.45) is 0. The summed E-state index contributed by atoms with van der Waals surface area (Å²) >= 11 is 0. The van der Waals surface area contributed by atoms with E-state index in [4.69, 9.17) is 16.5 Å². The lowest BCUT2D eigenvalue weighted by Crippen LogP contribution is -2.67. The molecule has 1 fully saturated rings. The molecular weight excluding hydrogens is 304 g/mol. The molecule has 108 valence electrons. The molecule has 0 spiro atoms. The van der Waals surface area contributed by atoms with Crippen LogP contribution in [-0.4, -0.2) is 44.3 Å². The minimum absolute atomic E-state index is 0.415. The molecule has 2 N–H and O–H groups in total. The van der Waals surface area contributed by atoms with E-state index in [0.717, 1.165) is 0 Å². The van der Waals surface area contributed by atoms with Crippen LogP contribution in [0.2, 0.25) is 38.3 Å². The average molecular weight is 329 g/mol. The molecule has 18 heavy (non-hydrogen) atoms. The Morgan fingerprint density at radius 2 is 0.889 bits per heavy atom. The van der Waals surface area contributed by atoms with Crippen LogP contribution in [0.25, 0.3) is 0 Å². The van der Waals surface area contributed by atoms with E-state index in [-0.39, 0.29) is 0 Å². The van der Waals surface area contributed by atoms with Gasteiger partial charge in [0, 0.05) is 12.1 Å². The molecule has 1 saturated heterocycles. The highest BCUT2D eigenvalue weighted by Crippen LogP contribution is 2.31. The smallest absolute Gasteiger partial charge is 0.394 e. The summed E-state index contributed by atoms with van der Waals surface area (Å²) in [6.45, 7) is 10.8. The molecule has 1 rings (SSSR count). The quantitative estimate of drug-likeness (QED) is 0.746. The van der Waals surface area contributed by atoms with Crippen molar-refractivity contribution in [2.75, 3.05) is 0 Å². The summed E-state index contributed by atoms with van der Waals surface area (Å²) in [5.41, 5.74) is 0. The molecule has 0 radical (unpaired) electrons. The van der Waals surface area contributed by atoms with Gasteiger partial charge in [-0.05, 0) is 26.2 Å². The zero-order chi connectivity index (χ0) is 14.2. The summed E-state index contributed by atoms with van der Waals surface area (Å²) in [6, 6.07) is 0.831. The molecule has 0 bridgehead atoms. The molecule has 1 aliphatic heterocycles. The molecule has 1 aliphatic rings. The molecule has 0 aliphatic carbocycles. The molecule has 0 atom stereocenters. The Bertz CT molecular complexity index is 264. The highest BCUT2D eigenvalue weighted by atomic mass is 28.5. The van der Waals surface area contributed by atoms with Gasteiger partial charge in [0.2, 0.25) is 0 Å². The van der Waals surface area contributed by atoms with Crippen molar-refractivity contribution >= 4 is 34.7 Å². The van der Waals surface area contributed by atoms with Crippen LogP contribution in [-0.2, 0) is 16.5 Å². The van der Waals surface area contributed by atoms with E-state index in [9.17, 15) is 9.59 Å². The minimum Gasteiger partial charge on any atom is -0.394 e. The fraction of sp³-hybridized carbons (Fsp3) is 1.00. The normalized spacial score (nSPS) is 40.0. The first-order valence-corrected chi connectivity index (χ1v) is 15.8. The monoisotopic (exact) mass is 328 g/mol. The van der Waals surface area contributed by atoms with Crippen molar-refractivity contribution in [3.63, 3.8) is 0 Å². The van der Waals surface area contributed by atoms with Crippen LogP contribution in [0, 0.1) is 0 Å². The van der Waals surface area contributed by atoms with Gasteiger partial charge < -0.3 is 26.1 Å². The molecule has 0 saturated carbocycles. The van der Waals surface area contributed by atoms with Crippen LogP contribution in [0.5, 0.6) is 0 Å². The highest BCUT2D eigenvalue weighted by molar-refractivity contribution is 6.90. The summed E-state index contributed by atoms with van der Waals surface area (Å²) < 4.78 is 23.1. The Balaban J connectivity index is 3.06. The van der Waals surface area contributed by atoms with Gasteiger partial charge in [-0.25, -0.2) is 0 Å². The second kappa shape index (κ2) is 5.20. The molecular formula is C8H24O6Si4. The Kier molecular flexibility index (Phi) is 4.81. The SMILES string of the molecule is CC[Si]1(O)O[Si](C)(C)O[Si](O)(CC)O[Si](C)(C)O1. The Hall–Kier alpha value is 0.628. The van der Waals surface area contributed by atoms with Gasteiger partial charge in [-0.3, -0.25) is 0 Å². The fourth-order valence-electron chi connectivity index (χ4n) is 1.91. The lowest BCUT2D eigenvalue weighted by atomic mass is 11.0. The first-order valence-electron chi connectivity index (χ1n) is 6.20. The van der Waals surface area contributed by atoms with Crippen molar-refractivity contribution in [2.24, 2.45) is 0 Å². The summed E-state index contributed by atoms with van der Waals surface area (Å²) in [5, 5.41) is 0. The fourth-order valence-corrected chi connectivity index (χ4v) is 18.7. The predicted octanol–water partition coefficient (Wildman–Crippen LogP) is 1.37. The van der Waals surface area contributed by atoms with E-state index in [0.29, 0.717) is 12.1 Å². The molecule has 0 aromatic heterocycles. The largest absolute Gasteiger partial charge is 0.480 e. The van der Waals surface area contributed by atoms with E-state index in [1.807, 2.05) is 13.8 Å². The van der Waals surface area contributed by atoms with Gasteiger partial charge in [-0.15, -0.1) is 0 Å². The van der Waals surface area contributed by atoms with Gasteiger partial charge in [0.1, 0.15) is 0 Å². The standard InChI is InChI=1S/C8H24O6Si4/c1-7-17(9)11-15(3,4)13-18(10,8-2)14-16(5,6)12-17/h9-10H,7-8H2,1-6H3. The maximum Gasteiger partial charge on any atom is 0.480 e. The van der Waals surface area contributed by atoms with Crippen molar-refractivity contribution in [3.05, 3.63) is 0 Å². The minimum atomic E-state index is -3.25. The number of rotatable bonds is 2. The van der Waals surface area contributed by atoms with Gasteiger partial charge in [0.25, 0.3) is 0 Å². The predicted molar refractivity (Wildman–Crippen MR) is 76.2 cm³/mol. The third-order valence-corrected chi connectivity index (χ3v) is 17.3. The molecule has 0 unspecified atom stereocenters. The zero-order valence-corrected chi connectivity index (χ0v) is 15.9. The lowest BCUT2D eigenvalue weighted by Gasteiger charge is -2.45. The van der Waals surface area contributed by atoms with Crippen LogP contribution in [0.1, 0.15) is 13.8 Å². The molecule has 6 nitrogen and oxygen atoms in total. The molecule has 1 heterocycles. The van der Waals surface area contributed by atoms with E-state index >= 15 is 0 Å². The molecule has 0 aromatic rings. The van der Waals surface area contributed by atoms with Crippen molar-refractivity contribution in [3.8, 4) is 0 Å². The topological polar surface area (TPSA) is 77.4 Å². The third-order valence-electron chi connectivity index (χ3n) is 2.51. The number of hydrogen-bond donors (Lipinski definition) is 2. The van der Waals surface area contributed by atoms with Crippen molar-refractivity contribution < 1.29 is 26.1 Å². The Labute approximate surface area is 113 Å². The second-order valence-corrected chi connectivity index (χ2v) is 18.5. The zero-order valence-electron chi connectivity index (χ0n) is 11.9. The maximum absolute atomic E-state index is 10.4. The van der Waals surface area contributed by atoms with Gasteiger partial charge in [0.05, 0.1) is 0 Å². The van der Waals surface area contributed by atoms with E-state index in [1.165, 1.54) is 0 Å². The lowest BCUT2D eigenvalue weighted by molar-refractivity contribution is 0.136. The molecule has 0 aromatic carbocycles. The van der Waals surface area contributed by atoms with Crippen molar-refractivity contribution in [2.45, 2.75) is 52.1 Å². The summed E-state index contributed by atoms with van der Waals surface area (Å²) in [4.78, 5) is 20.9. The Morgan fingerprint density at radius 3 is 1.06 bits per heavy atom. The van der Waals surface area contributed by atoms with Gasteiger partial charge in [-0.2, -0.15) is 0 Å². The first kappa shape index (κ1) is 16.7. The molecule has 0 amide bonds. The van der Waals surface area contributed by atoms with Crippen LogP contribution < -0.4 is 0 Å². The molecule has 10 heteroatoms.